The first-order chi connectivity index (χ1) is 6.25. The molecule has 2 heterocycles. The molecule has 0 amide bonds. The van der Waals surface area contributed by atoms with Crippen molar-refractivity contribution in [3.05, 3.63) is 29.0 Å². The van der Waals surface area contributed by atoms with Crippen molar-refractivity contribution in [2.45, 2.75) is 6.42 Å². The van der Waals surface area contributed by atoms with Crippen molar-refractivity contribution in [3.8, 4) is 0 Å². The van der Waals surface area contributed by atoms with Gasteiger partial charge in [-0.1, -0.05) is 11.3 Å². The monoisotopic (exact) mass is 194 g/mol. The summed E-state index contributed by atoms with van der Waals surface area (Å²) in [6.07, 6.45) is 2.82. The number of hydrogen-bond acceptors (Lipinski definition) is 4. The Morgan fingerprint density at radius 3 is 2.92 bits per heavy atom. The van der Waals surface area contributed by atoms with E-state index in [1.54, 1.807) is 0 Å². The molecule has 0 bridgehead atoms. The molecular formula is C8H10N4S. The van der Waals surface area contributed by atoms with Crippen molar-refractivity contribution in [1.29, 1.82) is 0 Å². The number of aromatic nitrogens is 3. The van der Waals surface area contributed by atoms with Crippen LogP contribution < -0.4 is 5.73 Å². The summed E-state index contributed by atoms with van der Waals surface area (Å²) in [5.41, 5.74) is 6.70. The highest BCUT2D eigenvalue weighted by Crippen LogP contribution is 2.15. The number of aryl methyl sites for hydroxylation is 1. The quantitative estimate of drug-likeness (QED) is 0.777. The van der Waals surface area contributed by atoms with Crippen molar-refractivity contribution in [2.75, 3.05) is 5.73 Å². The molecule has 2 rings (SSSR count). The van der Waals surface area contributed by atoms with Crippen molar-refractivity contribution < 1.29 is 0 Å². The fraction of sp³-hybridized carbons (Fsp3) is 0.250. The molecule has 13 heavy (non-hydrogen) atoms. The SMILES string of the molecule is Cn1cccc1Cc1nnc(N)s1. The summed E-state index contributed by atoms with van der Waals surface area (Å²) in [6, 6.07) is 4.08. The average Bonchev–Trinajstić information content (AvgIpc) is 2.64. The Hall–Kier alpha value is -1.36. The van der Waals surface area contributed by atoms with Crippen LogP contribution in [0.25, 0.3) is 0 Å². The molecule has 0 saturated carbocycles. The zero-order valence-corrected chi connectivity index (χ0v) is 8.08. The normalized spacial score (nSPS) is 10.5. The minimum Gasteiger partial charge on any atom is -0.374 e. The summed E-state index contributed by atoms with van der Waals surface area (Å²) in [4.78, 5) is 0. The van der Waals surface area contributed by atoms with Gasteiger partial charge >= 0.3 is 0 Å². The van der Waals surface area contributed by atoms with E-state index in [9.17, 15) is 0 Å². The van der Waals surface area contributed by atoms with E-state index in [1.807, 2.05) is 19.3 Å². The van der Waals surface area contributed by atoms with E-state index in [0.29, 0.717) is 5.13 Å². The van der Waals surface area contributed by atoms with Gasteiger partial charge in [0.15, 0.2) is 0 Å². The van der Waals surface area contributed by atoms with Gasteiger partial charge in [-0.25, -0.2) is 0 Å². The number of nitrogen functional groups attached to an aromatic ring is 1. The lowest BCUT2D eigenvalue weighted by atomic mass is 10.3. The van der Waals surface area contributed by atoms with Crippen molar-refractivity contribution in [3.63, 3.8) is 0 Å². The van der Waals surface area contributed by atoms with Crippen molar-refractivity contribution in [2.24, 2.45) is 7.05 Å². The molecule has 0 atom stereocenters. The molecule has 0 saturated heterocycles. The summed E-state index contributed by atoms with van der Waals surface area (Å²) < 4.78 is 2.07. The smallest absolute Gasteiger partial charge is 0.203 e. The van der Waals surface area contributed by atoms with Gasteiger partial charge in [0, 0.05) is 25.4 Å². The van der Waals surface area contributed by atoms with E-state index in [2.05, 4.69) is 20.8 Å². The molecule has 2 aromatic rings. The summed E-state index contributed by atoms with van der Waals surface area (Å²) in [7, 11) is 2.01. The highest BCUT2D eigenvalue weighted by molar-refractivity contribution is 7.15. The van der Waals surface area contributed by atoms with Crippen LogP contribution >= 0.6 is 11.3 Å². The van der Waals surface area contributed by atoms with Gasteiger partial charge in [-0.2, -0.15) is 0 Å². The van der Waals surface area contributed by atoms with Gasteiger partial charge in [0.25, 0.3) is 0 Å². The van der Waals surface area contributed by atoms with Gasteiger partial charge in [-0.3, -0.25) is 0 Å². The van der Waals surface area contributed by atoms with Crippen LogP contribution in [0.5, 0.6) is 0 Å². The molecule has 0 aliphatic carbocycles. The molecule has 0 radical (unpaired) electrons. The molecule has 2 aromatic heterocycles. The maximum absolute atomic E-state index is 5.48. The number of hydrogen-bond donors (Lipinski definition) is 1. The van der Waals surface area contributed by atoms with Crippen LogP contribution in [-0.2, 0) is 13.5 Å². The fourth-order valence-electron chi connectivity index (χ4n) is 1.17. The van der Waals surface area contributed by atoms with E-state index >= 15 is 0 Å². The lowest BCUT2D eigenvalue weighted by molar-refractivity contribution is 0.840. The minimum atomic E-state index is 0.532. The summed E-state index contributed by atoms with van der Waals surface area (Å²) in [5.74, 6) is 0. The van der Waals surface area contributed by atoms with Crippen molar-refractivity contribution in [1.82, 2.24) is 14.8 Å². The molecule has 0 fully saturated rings. The number of anilines is 1. The van der Waals surface area contributed by atoms with Crippen LogP contribution in [-0.4, -0.2) is 14.8 Å². The predicted octanol–water partition coefficient (Wildman–Crippen LogP) is 1.05. The largest absolute Gasteiger partial charge is 0.374 e. The molecule has 0 spiro atoms. The van der Waals surface area contributed by atoms with E-state index in [0.717, 1.165) is 11.4 Å². The molecule has 68 valence electrons. The lowest BCUT2D eigenvalue weighted by Crippen LogP contribution is -1.95. The predicted molar refractivity (Wildman–Crippen MR) is 52.5 cm³/mol. The zero-order chi connectivity index (χ0) is 9.26. The third-order valence-corrected chi connectivity index (χ3v) is 2.62. The number of nitrogens with zero attached hydrogens (tertiary/aromatic N) is 3. The Labute approximate surface area is 80.0 Å². The molecule has 5 heteroatoms. The van der Waals surface area contributed by atoms with Crippen LogP contribution in [0.3, 0.4) is 0 Å². The Balaban J connectivity index is 2.19. The van der Waals surface area contributed by atoms with E-state index in [1.165, 1.54) is 17.0 Å². The topological polar surface area (TPSA) is 56.7 Å². The Kier molecular flexibility index (Phi) is 2.02. The number of rotatable bonds is 2. The second kappa shape index (κ2) is 3.18. The van der Waals surface area contributed by atoms with Crippen LogP contribution in [0.15, 0.2) is 18.3 Å². The number of nitrogens with two attached hydrogens (primary N) is 1. The summed E-state index contributed by atoms with van der Waals surface area (Å²) >= 11 is 1.44. The maximum Gasteiger partial charge on any atom is 0.203 e. The van der Waals surface area contributed by atoms with E-state index in [-0.39, 0.29) is 0 Å². The van der Waals surface area contributed by atoms with Crippen LogP contribution in [0, 0.1) is 0 Å². The minimum absolute atomic E-state index is 0.532. The molecular weight excluding hydrogens is 184 g/mol. The van der Waals surface area contributed by atoms with Crippen molar-refractivity contribution >= 4 is 16.5 Å². The molecule has 0 aromatic carbocycles. The van der Waals surface area contributed by atoms with Crippen LogP contribution in [0.4, 0.5) is 5.13 Å². The Bertz CT molecular complexity index is 404. The third kappa shape index (κ3) is 1.70. The average molecular weight is 194 g/mol. The first-order valence-corrected chi connectivity index (χ1v) is 4.75. The maximum atomic E-state index is 5.48. The van der Waals surface area contributed by atoms with Crippen LogP contribution in [0.2, 0.25) is 0 Å². The second-order valence-electron chi connectivity index (χ2n) is 2.82. The standard InChI is InChI=1S/C8H10N4S/c1-12-4-2-3-6(12)5-7-10-11-8(9)13-7/h2-4H,5H2,1H3,(H2,9,11). The van der Waals surface area contributed by atoms with Crippen LogP contribution in [0.1, 0.15) is 10.7 Å². The highest BCUT2D eigenvalue weighted by Gasteiger charge is 2.04. The van der Waals surface area contributed by atoms with Gasteiger partial charge in [-0.05, 0) is 12.1 Å². The summed E-state index contributed by atoms with van der Waals surface area (Å²) in [6.45, 7) is 0. The first kappa shape index (κ1) is 8.25. The van der Waals surface area contributed by atoms with Gasteiger partial charge in [0.1, 0.15) is 5.01 Å². The molecule has 4 nitrogen and oxygen atoms in total. The molecule has 0 aliphatic heterocycles. The van der Waals surface area contributed by atoms with Gasteiger partial charge in [-0.15, -0.1) is 10.2 Å². The Morgan fingerprint density at radius 2 is 2.38 bits per heavy atom. The molecule has 0 unspecified atom stereocenters. The van der Waals surface area contributed by atoms with Gasteiger partial charge in [0.05, 0.1) is 0 Å². The highest BCUT2D eigenvalue weighted by atomic mass is 32.1. The zero-order valence-electron chi connectivity index (χ0n) is 7.27. The second-order valence-corrected chi connectivity index (χ2v) is 3.91. The van der Waals surface area contributed by atoms with Gasteiger partial charge in [0.2, 0.25) is 5.13 Å². The van der Waals surface area contributed by atoms with Gasteiger partial charge < -0.3 is 10.3 Å². The third-order valence-electron chi connectivity index (χ3n) is 1.87. The first-order valence-electron chi connectivity index (χ1n) is 3.94. The van der Waals surface area contributed by atoms with E-state index < -0.39 is 0 Å². The Morgan fingerprint density at radius 1 is 1.54 bits per heavy atom. The molecule has 0 aliphatic rings. The van der Waals surface area contributed by atoms with E-state index in [4.69, 9.17) is 5.73 Å². The lowest BCUT2D eigenvalue weighted by Gasteiger charge is -1.98. The summed E-state index contributed by atoms with van der Waals surface area (Å²) in [5, 5.41) is 9.22. The fourth-order valence-corrected chi connectivity index (χ4v) is 1.80. The molecule has 2 N–H and O–H groups in total.